The lowest BCUT2D eigenvalue weighted by Crippen LogP contribution is -2.08. The molecule has 0 spiro atoms. The predicted octanol–water partition coefficient (Wildman–Crippen LogP) is 1.45. The van der Waals surface area contributed by atoms with Gasteiger partial charge in [0.15, 0.2) is 17.8 Å². The standard InChI is InChI=1S/C14H15NO4/c16-8-11-2-3-12(9-17)15(11)6-5-10-1-4-13(18)14(19)7-10/h1-4,7-8,17-19H,5-6,9H2. The summed E-state index contributed by atoms with van der Waals surface area (Å²) in [6.45, 7) is 0.385. The van der Waals surface area contributed by atoms with Crippen LogP contribution in [0.4, 0.5) is 0 Å². The lowest BCUT2D eigenvalue weighted by molar-refractivity contribution is 0.111. The number of phenolic OH excluding ortho intramolecular Hbond substituents is 2. The first-order valence-corrected chi connectivity index (χ1v) is 5.91. The van der Waals surface area contributed by atoms with Crippen LogP contribution in [-0.4, -0.2) is 26.2 Å². The number of aromatic nitrogens is 1. The average molecular weight is 261 g/mol. The van der Waals surface area contributed by atoms with Crippen LogP contribution in [0.5, 0.6) is 11.5 Å². The lowest BCUT2D eigenvalue weighted by atomic mass is 10.1. The highest BCUT2D eigenvalue weighted by Gasteiger charge is 2.07. The Labute approximate surface area is 110 Å². The maximum absolute atomic E-state index is 10.9. The van der Waals surface area contributed by atoms with Crippen molar-refractivity contribution in [2.45, 2.75) is 19.6 Å². The number of aromatic hydroxyl groups is 2. The number of aliphatic hydroxyl groups is 1. The van der Waals surface area contributed by atoms with E-state index in [0.717, 1.165) is 11.8 Å². The number of nitrogens with zero attached hydrogens (tertiary/aromatic N) is 1. The van der Waals surface area contributed by atoms with Gasteiger partial charge in [0.2, 0.25) is 0 Å². The average Bonchev–Trinajstić information content (AvgIpc) is 2.82. The molecule has 0 bridgehead atoms. The molecule has 0 aliphatic rings. The maximum atomic E-state index is 10.9. The second kappa shape index (κ2) is 5.58. The van der Waals surface area contributed by atoms with E-state index in [0.29, 0.717) is 24.4 Å². The first-order valence-electron chi connectivity index (χ1n) is 5.91. The van der Waals surface area contributed by atoms with E-state index in [9.17, 15) is 20.1 Å². The Morgan fingerprint density at radius 2 is 1.89 bits per heavy atom. The minimum Gasteiger partial charge on any atom is -0.504 e. The quantitative estimate of drug-likeness (QED) is 0.562. The summed E-state index contributed by atoms with van der Waals surface area (Å²) in [7, 11) is 0. The van der Waals surface area contributed by atoms with Crippen LogP contribution in [0.1, 0.15) is 21.7 Å². The van der Waals surface area contributed by atoms with Gasteiger partial charge in [0.1, 0.15) is 0 Å². The fourth-order valence-electron chi connectivity index (χ4n) is 2.01. The van der Waals surface area contributed by atoms with Crippen LogP contribution in [-0.2, 0) is 19.6 Å². The van der Waals surface area contributed by atoms with E-state index >= 15 is 0 Å². The summed E-state index contributed by atoms with van der Waals surface area (Å²) in [4.78, 5) is 10.9. The second-order valence-corrected chi connectivity index (χ2v) is 4.25. The van der Waals surface area contributed by atoms with E-state index < -0.39 is 0 Å². The molecule has 0 unspecified atom stereocenters. The van der Waals surface area contributed by atoms with Gasteiger partial charge in [0.05, 0.1) is 12.3 Å². The third-order valence-electron chi connectivity index (χ3n) is 3.05. The van der Waals surface area contributed by atoms with Gasteiger partial charge in [-0.3, -0.25) is 4.79 Å². The zero-order chi connectivity index (χ0) is 13.8. The molecule has 2 aromatic rings. The van der Waals surface area contributed by atoms with Crippen LogP contribution in [0.2, 0.25) is 0 Å². The molecule has 5 nitrogen and oxygen atoms in total. The number of aldehydes is 1. The number of carbonyl (C=O) groups excluding carboxylic acids is 1. The Morgan fingerprint density at radius 1 is 1.11 bits per heavy atom. The molecule has 0 aliphatic heterocycles. The van der Waals surface area contributed by atoms with Crippen molar-refractivity contribution >= 4 is 6.29 Å². The minimum absolute atomic E-state index is 0.130. The third-order valence-corrected chi connectivity index (χ3v) is 3.05. The molecule has 1 heterocycles. The fourth-order valence-corrected chi connectivity index (χ4v) is 2.01. The van der Waals surface area contributed by atoms with E-state index in [4.69, 9.17) is 0 Å². The fraction of sp³-hybridized carbons (Fsp3) is 0.214. The highest BCUT2D eigenvalue weighted by Crippen LogP contribution is 2.25. The first kappa shape index (κ1) is 13.2. The van der Waals surface area contributed by atoms with Gasteiger partial charge in [-0.05, 0) is 36.2 Å². The Kier molecular flexibility index (Phi) is 3.87. The van der Waals surface area contributed by atoms with Gasteiger partial charge in [0, 0.05) is 12.2 Å². The third kappa shape index (κ3) is 2.77. The molecule has 3 N–H and O–H groups in total. The molecule has 0 saturated heterocycles. The monoisotopic (exact) mass is 261 g/mol. The van der Waals surface area contributed by atoms with Gasteiger partial charge in [-0.2, -0.15) is 0 Å². The maximum Gasteiger partial charge on any atom is 0.166 e. The Hall–Kier alpha value is -2.27. The largest absolute Gasteiger partial charge is 0.504 e. The predicted molar refractivity (Wildman–Crippen MR) is 69.2 cm³/mol. The van der Waals surface area contributed by atoms with Crippen molar-refractivity contribution < 1.29 is 20.1 Å². The number of benzene rings is 1. The second-order valence-electron chi connectivity index (χ2n) is 4.25. The number of hydrogen-bond acceptors (Lipinski definition) is 4. The first-order chi connectivity index (χ1) is 9.15. The number of rotatable bonds is 5. The summed E-state index contributed by atoms with van der Waals surface area (Å²) in [6.07, 6.45) is 1.32. The number of aryl methyl sites for hydroxylation is 1. The smallest absolute Gasteiger partial charge is 0.166 e. The number of hydrogen-bond donors (Lipinski definition) is 3. The van der Waals surface area contributed by atoms with Crippen LogP contribution in [0.15, 0.2) is 30.3 Å². The molecule has 5 heteroatoms. The van der Waals surface area contributed by atoms with Gasteiger partial charge < -0.3 is 19.9 Å². The minimum atomic E-state index is -0.164. The summed E-state index contributed by atoms with van der Waals surface area (Å²) in [5, 5.41) is 27.8. The van der Waals surface area contributed by atoms with Crippen LogP contribution >= 0.6 is 0 Å². The normalized spacial score (nSPS) is 10.6. The van der Waals surface area contributed by atoms with Crippen molar-refractivity contribution in [2.75, 3.05) is 0 Å². The van der Waals surface area contributed by atoms with Crippen LogP contribution < -0.4 is 0 Å². The van der Waals surface area contributed by atoms with Crippen molar-refractivity contribution in [3.63, 3.8) is 0 Å². The molecule has 0 aliphatic carbocycles. The molecule has 0 fully saturated rings. The van der Waals surface area contributed by atoms with Crippen molar-refractivity contribution in [3.05, 3.63) is 47.3 Å². The Balaban J connectivity index is 2.15. The van der Waals surface area contributed by atoms with Crippen LogP contribution in [0.25, 0.3) is 0 Å². The molecule has 100 valence electrons. The highest BCUT2D eigenvalue weighted by molar-refractivity contribution is 5.72. The molecule has 0 radical (unpaired) electrons. The van der Waals surface area contributed by atoms with Crippen LogP contribution in [0.3, 0.4) is 0 Å². The molecule has 1 aromatic heterocycles. The summed E-state index contributed by atoms with van der Waals surface area (Å²) in [5.74, 6) is -0.322. The Bertz CT molecular complexity index is 589. The molecule has 0 amide bonds. The molecule has 19 heavy (non-hydrogen) atoms. The molecule has 2 rings (SSSR count). The highest BCUT2D eigenvalue weighted by atomic mass is 16.3. The molecular weight excluding hydrogens is 246 g/mol. The van der Waals surface area contributed by atoms with Crippen molar-refractivity contribution in [3.8, 4) is 11.5 Å². The van der Waals surface area contributed by atoms with E-state index in [2.05, 4.69) is 0 Å². The number of carbonyl (C=O) groups is 1. The number of phenols is 2. The van der Waals surface area contributed by atoms with Gasteiger partial charge in [0.25, 0.3) is 0 Å². The van der Waals surface area contributed by atoms with Crippen molar-refractivity contribution in [1.82, 2.24) is 4.57 Å². The molecule has 0 atom stereocenters. The van der Waals surface area contributed by atoms with Gasteiger partial charge in [-0.1, -0.05) is 6.07 Å². The zero-order valence-electron chi connectivity index (χ0n) is 10.3. The van der Waals surface area contributed by atoms with E-state index in [-0.39, 0.29) is 18.1 Å². The zero-order valence-corrected chi connectivity index (χ0v) is 10.3. The molecular formula is C14H15NO4. The van der Waals surface area contributed by atoms with Gasteiger partial charge in [-0.25, -0.2) is 0 Å². The van der Waals surface area contributed by atoms with E-state index in [1.54, 1.807) is 22.8 Å². The summed E-state index contributed by atoms with van der Waals surface area (Å²) in [5.41, 5.74) is 2.02. The Morgan fingerprint density at radius 3 is 2.53 bits per heavy atom. The summed E-state index contributed by atoms with van der Waals surface area (Å²) in [6, 6.07) is 7.98. The van der Waals surface area contributed by atoms with Gasteiger partial charge >= 0.3 is 0 Å². The SMILES string of the molecule is O=Cc1ccc(CO)n1CCc1ccc(O)c(O)c1. The lowest BCUT2D eigenvalue weighted by Gasteiger charge is -2.10. The summed E-state index contributed by atoms with van der Waals surface area (Å²) < 4.78 is 1.73. The van der Waals surface area contributed by atoms with Crippen LogP contribution in [0, 0.1) is 0 Å². The van der Waals surface area contributed by atoms with Gasteiger partial charge in [-0.15, -0.1) is 0 Å². The van der Waals surface area contributed by atoms with Crippen molar-refractivity contribution in [2.24, 2.45) is 0 Å². The number of aliphatic hydroxyl groups excluding tert-OH is 1. The topological polar surface area (TPSA) is 82.7 Å². The molecule has 0 saturated carbocycles. The molecule has 1 aromatic carbocycles. The summed E-state index contributed by atoms with van der Waals surface area (Å²) >= 11 is 0. The van der Waals surface area contributed by atoms with E-state index in [1.807, 2.05) is 0 Å². The van der Waals surface area contributed by atoms with E-state index in [1.165, 1.54) is 12.1 Å². The van der Waals surface area contributed by atoms with Crippen molar-refractivity contribution in [1.29, 1.82) is 0 Å².